The highest BCUT2D eigenvalue weighted by Crippen LogP contribution is 2.37. The van der Waals surface area contributed by atoms with E-state index in [-0.39, 0.29) is 23.7 Å². The lowest BCUT2D eigenvalue weighted by atomic mass is 9.97. The van der Waals surface area contributed by atoms with Crippen molar-refractivity contribution in [2.24, 2.45) is 0 Å². The maximum absolute atomic E-state index is 13.9. The second kappa shape index (κ2) is 11.9. The van der Waals surface area contributed by atoms with Crippen LogP contribution in [0.3, 0.4) is 0 Å². The number of amides is 2. The smallest absolute Gasteiger partial charge is 0.412 e. The average Bonchev–Trinajstić information content (AvgIpc) is 3.60. The molecule has 4 aromatic rings. The highest BCUT2D eigenvalue weighted by atomic mass is 32.1. The van der Waals surface area contributed by atoms with Gasteiger partial charge in [-0.25, -0.2) is 19.6 Å². The van der Waals surface area contributed by atoms with E-state index in [1.807, 2.05) is 24.3 Å². The number of piperidine rings is 1. The Morgan fingerprint density at radius 2 is 2.00 bits per heavy atom. The van der Waals surface area contributed by atoms with Crippen LogP contribution < -0.4 is 16.2 Å². The van der Waals surface area contributed by atoms with Crippen LogP contribution in [0, 0.1) is 18.3 Å². The molecule has 0 bridgehead atoms. The fourth-order valence-electron chi connectivity index (χ4n) is 5.64. The first-order chi connectivity index (χ1) is 21.5. The Labute approximate surface area is 263 Å². The molecule has 13 heteroatoms. The number of fused-ring (bicyclic) bond motifs is 2. The van der Waals surface area contributed by atoms with Gasteiger partial charge in [0.2, 0.25) is 0 Å². The molecule has 232 valence electrons. The van der Waals surface area contributed by atoms with E-state index >= 15 is 0 Å². The first kappa shape index (κ1) is 30.1. The van der Waals surface area contributed by atoms with Crippen LogP contribution in [0.2, 0.25) is 0 Å². The van der Waals surface area contributed by atoms with E-state index in [1.165, 1.54) is 11.3 Å². The molecule has 2 atom stereocenters. The minimum atomic E-state index is -0.645. The third-order valence-electron chi connectivity index (χ3n) is 7.78. The summed E-state index contributed by atoms with van der Waals surface area (Å²) in [5, 5.41) is 17.1. The zero-order valence-electron chi connectivity index (χ0n) is 25.4. The minimum Gasteiger partial charge on any atom is -0.447 e. The lowest BCUT2D eigenvalue weighted by Crippen LogP contribution is -2.45. The van der Waals surface area contributed by atoms with Crippen LogP contribution in [0.5, 0.6) is 0 Å². The second-order valence-electron chi connectivity index (χ2n) is 12.2. The third-order valence-corrected chi connectivity index (χ3v) is 8.72. The van der Waals surface area contributed by atoms with Gasteiger partial charge in [0.05, 0.1) is 41.3 Å². The topological polar surface area (TPSA) is 151 Å². The number of thiazole rings is 1. The SMILES string of the molecule is Cc1nc2cc(-c3ncc(NC(=O)OC(C)(C)C)s3)c(N[C@H]3CCN4C(=O)OC[C@@H]4C3)cc2c(=O)n1Cc1ccc(C#N)cc1. The Morgan fingerprint density at radius 3 is 2.73 bits per heavy atom. The Kier molecular flexibility index (Phi) is 7.92. The standard InChI is InChI=1S/C32H33N7O5S/c1-18-35-26-12-23(28-34-15-27(45-28)37-30(41)44-32(2,3)4)25(36-21-9-10-38-22(11-21)17-43-31(38)42)13-24(26)29(40)39(18)16-20-7-5-19(14-33)6-8-20/h5-8,12-13,15,21-22,36H,9-11,16-17H2,1-4H3,(H,37,41)/t21-,22-/m0/s1. The number of aromatic nitrogens is 3. The highest BCUT2D eigenvalue weighted by molar-refractivity contribution is 7.19. The summed E-state index contributed by atoms with van der Waals surface area (Å²) in [5.41, 5.74) is 2.56. The number of aryl methyl sites for hydroxylation is 1. The van der Waals surface area contributed by atoms with Crippen LogP contribution in [-0.4, -0.2) is 62.5 Å². The Morgan fingerprint density at radius 1 is 1.22 bits per heavy atom. The molecule has 4 heterocycles. The van der Waals surface area contributed by atoms with Gasteiger partial charge in [-0.05, 0) is 70.4 Å². The van der Waals surface area contributed by atoms with E-state index in [1.54, 1.807) is 55.5 Å². The first-order valence-corrected chi connectivity index (χ1v) is 15.5. The zero-order chi connectivity index (χ0) is 31.9. The third kappa shape index (κ3) is 6.46. The molecule has 12 nitrogen and oxygen atoms in total. The first-order valence-electron chi connectivity index (χ1n) is 14.7. The van der Waals surface area contributed by atoms with Crippen LogP contribution in [-0.2, 0) is 16.0 Å². The van der Waals surface area contributed by atoms with Crippen molar-refractivity contribution in [2.45, 2.75) is 64.8 Å². The zero-order valence-corrected chi connectivity index (χ0v) is 26.2. The van der Waals surface area contributed by atoms with E-state index in [0.29, 0.717) is 70.5 Å². The molecule has 0 unspecified atom stereocenters. The molecule has 0 spiro atoms. The summed E-state index contributed by atoms with van der Waals surface area (Å²) >= 11 is 1.29. The predicted octanol–water partition coefficient (Wildman–Crippen LogP) is 5.49. The van der Waals surface area contributed by atoms with Crippen molar-refractivity contribution >= 4 is 45.1 Å². The molecule has 2 aromatic carbocycles. The molecular formula is C32H33N7O5S. The van der Waals surface area contributed by atoms with E-state index < -0.39 is 11.7 Å². The Balaban J connectivity index is 1.37. The summed E-state index contributed by atoms with van der Waals surface area (Å²) in [7, 11) is 0. The van der Waals surface area contributed by atoms with Gasteiger partial charge >= 0.3 is 12.2 Å². The number of carbonyl (C=O) groups excluding carboxylic acids is 2. The summed E-state index contributed by atoms with van der Waals surface area (Å²) in [6, 6.07) is 12.9. The van der Waals surface area contributed by atoms with E-state index in [9.17, 15) is 14.4 Å². The van der Waals surface area contributed by atoms with Crippen LogP contribution in [0.1, 0.15) is 50.6 Å². The summed E-state index contributed by atoms with van der Waals surface area (Å²) < 4.78 is 12.3. The molecule has 2 N–H and O–H groups in total. The molecule has 2 saturated heterocycles. The molecule has 0 saturated carbocycles. The molecule has 2 aliphatic rings. The van der Waals surface area contributed by atoms with Crippen molar-refractivity contribution in [1.29, 1.82) is 5.26 Å². The molecule has 45 heavy (non-hydrogen) atoms. The van der Waals surface area contributed by atoms with Crippen molar-refractivity contribution in [1.82, 2.24) is 19.4 Å². The van der Waals surface area contributed by atoms with Gasteiger partial charge in [0, 0.05) is 23.8 Å². The number of carbonyl (C=O) groups is 2. The number of hydrogen-bond acceptors (Lipinski definition) is 10. The van der Waals surface area contributed by atoms with Crippen LogP contribution in [0.4, 0.5) is 20.3 Å². The monoisotopic (exact) mass is 627 g/mol. The molecular weight excluding hydrogens is 594 g/mol. The fourth-order valence-corrected chi connectivity index (χ4v) is 6.47. The molecule has 0 aliphatic carbocycles. The van der Waals surface area contributed by atoms with Gasteiger partial charge in [-0.3, -0.25) is 14.7 Å². The number of nitrogens with one attached hydrogen (secondary N) is 2. The van der Waals surface area contributed by atoms with Crippen LogP contribution in [0.25, 0.3) is 21.5 Å². The minimum absolute atomic E-state index is 0.00823. The molecule has 0 radical (unpaired) electrons. The van der Waals surface area contributed by atoms with Gasteiger partial charge in [-0.2, -0.15) is 5.26 Å². The van der Waals surface area contributed by atoms with Crippen molar-refractivity contribution in [2.75, 3.05) is 23.8 Å². The van der Waals surface area contributed by atoms with Crippen molar-refractivity contribution in [3.63, 3.8) is 0 Å². The number of nitriles is 1. The van der Waals surface area contributed by atoms with Gasteiger partial charge in [0.15, 0.2) is 0 Å². The molecule has 2 aromatic heterocycles. The molecule has 2 aliphatic heterocycles. The normalized spacial score (nSPS) is 17.8. The number of nitrogens with zero attached hydrogens (tertiary/aromatic N) is 5. The Bertz CT molecular complexity index is 1890. The molecule has 2 fully saturated rings. The van der Waals surface area contributed by atoms with E-state index in [4.69, 9.17) is 19.7 Å². The second-order valence-corrected chi connectivity index (χ2v) is 13.3. The van der Waals surface area contributed by atoms with E-state index in [0.717, 1.165) is 11.1 Å². The highest BCUT2D eigenvalue weighted by Gasteiger charge is 2.38. The number of rotatable bonds is 6. The summed E-state index contributed by atoms with van der Waals surface area (Å²) in [6.45, 7) is 8.42. The fraction of sp³-hybridized carbons (Fsp3) is 0.375. The van der Waals surface area contributed by atoms with Gasteiger partial charge in [-0.15, -0.1) is 0 Å². The van der Waals surface area contributed by atoms with E-state index in [2.05, 4.69) is 21.7 Å². The molecule has 6 rings (SSSR count). The predicted molar refractivity (Wildman–Crippen MR) is 170 cm³/mol. The maximum atomic E-state index is 13.9. The summed E-state index contributed by atoms with van der Waals surface area (Å²) in [5.74, 6) is 0.549. The van der Waals surface area contributed by atoms with Crippen molar-refractivity contribution < 1.29 is 19.1 Å². The number of ether oxygens (including phenoxy) is 2. The Hall–Kier alpha value is -4.96. The van der Waals surface area contributed by atoms with Crippen molar-refractivity contribution in [3.8, 4) is 16.6 Å². The van der Waals surface area contributed by atoms with Gasteiger partial charge in [0.25, 0.3) is 5.56 Å². The summed E-state index contributed by atoms with van der Waals surface area (Å²) in [6.07, 6.45) is 2.13. The van der Waals surface area contributed by atoms with Crippen LogP contribution in [0.15, 0.2) is 47.4 Å². The number of benzene rings is 2. The van der Waals surface area contributed by atoms with Crippen molar-refractivity contribution in [3.05, 3.63) is 69.9 Å². The number of hydrogen-bond donors (Lipinski definition) is 2. The average molecular weight is 628 g/mol. The maximum Gasteiger partial charge on any atom is 0.412 e. The van der Waals surface area contributed by atoms with Gasteiger partial charge in [0.1, 0.15) is 28.0 Å². The van der Waals surface area contributed by atoms with Gasteiger partial charge in [-0.1, -0.05) is 23.5 Å². The lowest BCUT2D eigenvalue weighted by molar-refractivity contribution is 0.0636. The van der Waals surface area contributed by atoms with Gasteiger partial charge < -0.3 is 19.7 Å². The molecule has 2 amide bonds. The number of cyclic esters (lactones) is 1. The summed E-state index contributed by atoms with van der Waals surface area (Å²) in [4.78, 5) is 49.5. The largest absolute Gasteiger partial charge is 0.447 e. The number of anilines is 2. The van der Waals surface area contributed by atoms with Crippen LogP contribution >= 0.6 is 11.3 Å². The lowest BCUT2D eigenvalue weighted by Gasteiger charge is -2.33. The quantitative estimate of drug-likeness (QED) is 0.283.